The molecule has 1 rings (SSSR count). The summed E-state index contributed by atoms with van der Waals surface area (Å²) in [7, 11) is 0. The number of aliphatic hydroxyl groups excluding tert-OH is 5. The van der Waals surface area contributed by atoms with Gasteiger partial charge in [0.2, 0.25) is 5.91 Å². The van der Waals surface area contributed by atoms with Crippen LogP contribution in [0.3, 0.4) is 0 Å². The van der Waals surface area contributed by atoms with E-state index < -0.39 is 49.5 Å². The third-order valence-corrected chi connectivity index (χ3v) is 12.8. The van der Waals surface area contributed by atoms with E-state index in [1.807, 2.05) is 6.08 Å². The maximum Gasteiger partial charge on any atom is 0.305 e. The number of unbranched alkanes of at least 4 members (excludes halogenated alkanes) is 30. The van der Waals surface area contributed by atoms with Gasteiger partial charge in [0.15, 0.2) is 6.29 Å². The number of nitrogens with one attached hydrogen (secondary N) is 1. The first-order valence-electron chi connectivity index (χ1n) is 27.1. The van der Waals surface area contributed by atoms with Gasteiger partial charge in [-0.3, -0.25) is 9.59 Å². The van der Waals surface area contributed by atoms with Crippen molar-refractivity contribution in [3.05, 3.63) is 24.3 Å². The maximum absolute atomic E-state index is 13.0. The predicted octanol–water partition coefficient (Wildman–Crippen LogP) is 11.4. The number of rotatable bonds is 46. The van der Waals surface area contributed by atoms with Gasteiger partial charge in [-0.2, -0.15) is 0 Å². The number of hydrogen-bond acceptors (Lipinski definition) is 10. The fourth-order valence-corrected chi connectivity index (χ4v) is 8.43. The van der Waals surface area contributed by atoms with Crippen molar-refractivity contribution < 1.29 is 49.3 Å². The molecule has 1 heterocycles. The molecule has 0 aromatic carbocycles. The molecule has 1 amide bonds. The van der Waals surface area contributed by atoms with Crippen molar-refractivity contribution in [2.45, 2.75) is 288 Å². The minimum atomic E-state index is -1.58. The van der Waals surface area contributed by atoms with Crippen LogP contribution in [0.5, 0.6) is 0 Å². The van der Waals surface area contributed by atoms with Gasteiger partial charge in [-0.1, -0.05) is 199 Å². The molecule has 11 nitrogen and oxygen atoms in total. The Morgan fingerprint density at radius 2 is 0.985 bits per heavy atom. The summed E-state index contributed by atoms with van der Waals surface area (Å²) in [5, 5.41) is 54.1. The Balaban J connectivity index is 2.10. The van der Waals surface area contributed by atoms with E-state index in [0.717, 1.165) is 70.6 Å². The molecule has 6 N–H and O–H groups in total. The Labute approximate surface area is 397 Å². The molecule has 0 bridgehead atoms. The van der Waals surface area contributed by atoms with Crippen LogP contribution >= 0.6 is 0 Å². The van der Waals surface area contributed by atoms with Crippen LogP contribution in [0, 0.1) is 0 Å². The average Bonchev–Trinajstić information content (AvgIpc) is 3.30. The molecule has 0 spiro atoms. The number of carbonyl (C=O) groups is 2. The summed E-state index contributed by atoms with van der Waals surface area (Å²) < 4.78 is 16.6. The molecule has 1 aliphatic rings. The fourth-order valence-electron chi connectivity index (χ4n) is 8.43. The standard InChI is InChI=1S/C54H101NO10/c1-3-5-7-9-11-13-14-15-16-17-18-22-26-30-34-38-42-50(59)63-43-39-35-31-27-23-20-19-21-25-29-33-37-41-49(58)55-46(47(57)40-36-32-28-24-12-10-8-6-4-2)45-64-54-53(62)52(61)51(60)48(44-56)65-54/h16-17,36,40,46-48,51-54,56-57,60-62H,3-15,18-35,37-39,41-45H2,1-2H3,(H,55,58)/b17-16-,40-36+. The molecule has 1 fully saturated rings. The Bertz CT molecular complexity index is 1130. The Hall–Kier alpha value is -1.86. The summed E-state index contributed by atoms with van der Waals surface area (Å²) in [5.41, 5.74) is 0. The van der Waals surface area contributed by atoms with Gasteiger partial charge in [-0.15, -0.1) is 0 Å². The Kier molecular flexibility index (Phi) is 42.0. The van der Waals surface area contributed by atoms with Crippen LogP contribution in [0.4, 0.5) is 0 Å². The molecule has 0 aromatic heterocycles. The molecule has 7 atom stereocenters. The van der Waals surface area contributed by atoms with Gasteiger partial charge >= 0.3 is 5.97 Å². The first-order valence-corrected chi connectivity index (χ1v) is 27.1. The summed E-state index contributed by atoms with van der Waals surface area (Å²) in [6.45, 7) is 4.25. The van der Waals surface area contributed by atoms with E-state index in [1.54, 1.807) is 6.08 Å². The molecule has 0 aliphatic carbocycles. The molecule has 0 radical (unpaired) electrons. The third kappa shape index (κ3) is 35.0. The van der Waals surface area contributed by atoms with E-state index >= 15 is 0 Å². The number of esters is 1. The van der Waals surface area contributed by atoms with E-state index in [1.165, 1.54) is 148 Å². The lowest BCUT2D eigenvalue weighted by molar-refractivity contribution is -0.302. The monoisotopic (exact) mass is 924 g/mol. The molecule has 382 valence electrons. The number of allylic oxidation sites excluding steroid dienone is 3. The molecular formula is C54H101NO10. The minimum absolute atomic E-state index is 0.0410. The van der Waals surface area contributed by atoms with Crippen LogP contribution in [-0.2, 0) is 23.8 Å². The fraction of sp³-hybridized carbons (Fsp3) is 0.889. The second kappa shape index (κ2) is 44.6. The van der Waals surface area contributed by atoms with Gasteiger partial charge in [-0.05, 0) is 57.8 Å². The van der Waals surface area contributed by atoms with Crippen LogP contribution in [0.1, 0.15) is 245 Å². The lowest BCUT2D eigenvalue weighted by Crippen LogP contribution is -2.60. The summed E-state index contributed by atoms with van der Waals surface area (Å²) in [4.78, 5) is 25.1. The second-order valence-corrected chi connectivity index (χ2v) is 18.9. The van der Waals surface area contributed by atoms with Gasteiger partial charge in [0.05, 0.1) is 32.0 Å². The van der Waals surface area contributed by atoms with Gasteiger partial charge < -0.3 is 45.1 Å². The molecule has 0 saturated carbocycles. The number of carbonyl (C=O) groups excluding carboxylic acids is 2. The number of aliphatic hydroxyl groups is 5. The van der Waals surface area contributed by atoms with Gasteiger partial charge in [0.25, 0.3) is 0 Å². The van der Waals surface area contributed by atoms with E-state index in [9.17, 15) is 35.1 Å². The van der Waals surface area contributed by atoms with E-state index in [2.05, 4.69) is 31.3 Å². The SMILES string of the molecule is CCCCCCCCC/C=C\CCCCCCCC(=O)OCCCCCCCCCCCCCCC(=O)NC(COC1OC(CO)C(O)C(O)C1O)C(O)/C=C/CCCCCCCCC. The molecule has 11 heteroatoms. The molecule has 1 aliphatic heterocycles. The number of amides is 1. The summed E-state index contributed by atoms with van der Waals surface area (Å²) in [5.74, 6) is -0.241. The van der Waals surface area contributed by atoms with E-state index in [4.69, 9.17) is 14.2 Å². The summed E-state index contributed by atoms with van der Waals surface area (Å²) in [6.07, 6.45) is 41.2. The van der Waals surface area contributed by atoms with Crippen molar-refractivity contribution in [1.82, 2.24) is 5.32 Å². The zero-order valence-corrected chi connectivity index (χ0v) is 41.7. The van der Waals surface area contributed by atoms with Crippen molar-refractivity contribution >= 4 is 11.9 Å². The zero-order valence-electron chi connectivity index (χ0n) is 41.7. The lowest BCUT2D eigenvalue weighted by Gasteiger charge is -2.40. The Morgan fingerprint density at radius 1 is 0.554 bits per heavy atom. The third-order valence-electron chi connectivity index (χ3n) is 12.8. The van der Waals surface area contributed by atoms with Crippen LogP contribution < -0.4 is 5.32 Å². The van der Waals surface area contributed by atoms with Gasteiger partial charge in [-0.25, -0.2) is 0 Å². The highest BCUT2D eigenvalue weighted by atomic mass is 16.7. The van der Waals surface area contributed by atoms with Crippen LogP contribution in [-0.4, -0.2) is 100 Å². The first kappa shape index (κ1) is 61.2. The van der Waals surface area contributed by atoms with Crippen molar-refractivity contribution in [3.8, 4) is 0 Å². The molecule has 65 heavy (non-hydrogen) atoms. The molecular weight excluding hydrogens is 823 g/mol. The topological polar surface area (TPSA) is 175 Å². The van der Waals surface area contributed by atoms with Gasteiger partial charge in [0.1, 0.15) is 24.4 Å². The lowest BCUT2D eigenvalue weighted by atomic mass is 9.99. The van der Waals surface area contributed by atoms with E-state index in [-0.39, 0.29) is 18.5 Å². The van der Waals surface area contributed by atoms with E-state index in [0.29, 0.717) is 19.4 Å². The highest BCUT2D eigenvalue weighted by Crippen LogP contribution is 2.23. The van der Waals surface area contributed by atoms with Gasteiger partial charge in [0, 0.05) is 12.8 Å². The molecule has 0 aromatic rings. The minimum Gasteiger partial charge on any atom is -0.466 e. The quantitative estimate of drug-likeness (QED) is 0.0196. The van der Waals surface area contributed by atoms with Crippen LogP contribution in [0.15, 0.2) is 24.3 Å². The summed E-state index contributed by atoms with van der Waals surface area (Å²) >= 11 is 0. The molecule has 7 unspecified atom stereocenters. The highest BCUT2D eigenvalue weighted by molar-refractivity contribution is 5.76. The van der Waals surface area contributed by atoms with Crippen molar-refractivity contribution in [3.63, 3.8) is 0 Å². The predicted molar refractivity (Wildman–Crippen MR) is 264 cm³/mol. The van der Waals surface area contributed by atoms with Crippen molar-refractivity contribution in [2.75, 3.05) is 19.8 Å². The highest BCUT2D eigenvalue weighted by Gasteiger charge is 2.44. The van der Waals surface area contributed by atoms with Crippen LogP contribution in [0.25, 0.3) is 0 Å². The zero-order chi connectivity index (χ0) is 47.4. The maximum atomic E-state index is 13.0. The first-order chi connectivity index (χ1) is 31.7. The molecule has 1 saturated heterocycles. The number of hydrogen-bond donors (Lipinski definition) is 6. The van der Waals surface area contributed by atoms with Crippen molar-refractivity contribution in [1.29, 1.82) is 0 Å². The largest absolute Gasteiger partial charge is 0.466 e. The Morgan fingerprint density at radius 3 is 1.48 bits per heavy atom. The normalized spacial score (nSPS) is 19.9. The van der Waals surface area contributed by atoms with Crippen molar-refractivity contribution in [2.24, 2.45) is 0 Å². The smallest absolute Gasteiger partial charge is 0.305 e. The average molecular weight is 924 g/mol. The second-order valence-electron chi connectivity index (χ2n) is 18.9. The number of ether oxygens (including phenoxy) is 3. The van der Waals surface area contributed by atoms with Crippen LogP contribution in [0.2, 0.25) is 0 Å². The summed E-state index contributed by atoms with van der Waals surface area (Å²) in [6, 6.07) is -0.820.